The van der Waals surface area contributed by atoms with Gasteiger partial charge >= 0.3 is 5.97 Å². The molecule has 28 heavy (non-hydrogen) atoms. The van der Waals surface area contributed by atoms with E-state index in [1.165, 1.54) is 26.4 Å². The van der Waals surface area contributed by atoms with Crippen LogP contribution in [0.1, 0.15) is 44.9 Å². The first-order chi connectivity index (χ1) is 13.5. The molecule has 152 valence electrons. The Bertz CT molecular complexity index is 728. The van der Waals surface area contributed by atoms with Gasteiger partial charge in [-0.2, -0.15) is 0 Å². The van der Waals surface area contributed by atoms with Crippen molar-refractivity contribution in [3.63, 3.8) is 0 Å². The van der Waals surface area contributed by atoms with Gasteiger partial charge in [0.25, 0.3) is 0 Å². The molecule has 0 heterocycles. The van der Waals surface area contributed by atoms with Crippen LogP contribution in [-0.2, 0) is 25.1 Å². The number of ether oxygens (including phenoxy) is 1. The van der Waals surface area contributed by atoms with Crippen LogP contribution in [0.25, 0.3) is 0 Å². The zero-order valence-corrected chi connectivity index (χ0v) is 17.2. The number of amides is 1. The molecule has 1 amide bonds. The molecule has 4 bridgehead atoms. The summed E-state index contributed by atoms with van der Waals surface area (Å²) < 4.78 is 17.4. The topological polar surface area (TPSA) is 72.5 Å². The molecule has 4 aliphatic carbocycles. The lowest BCUT2D eigenvalue weighted by Gasteiger charge is -2.55. The Labute approximate surface area is 169 Å². The van der Waals surface area contributed by atoms with Gasteiger partial charge in [-0.05, 0) is 74.8 Å². The number of rotatable bonds is 7. The highest BCUT2D eigenvalue weighted by atomic mass is 32.2. The van der Waals surface area contributed by atoms with Gasteiger partial charge in [0.15, 0.2) is 0 Å². The van der Waals surface area contributed by atoms with Crippen molar-refractivity contribution in [2.45, 2.75) is 55.9 Å². The Kier molecular flexibility index (Phi) is 5.59. The molecule has 0 spiro atoms. The van der Waals surface area contributed by atoms with Gasteiger partial charge < -0.3 is 10.1 Å². The second-order valence-electron chi connectivity index (χ2n) is 8.90. The van der Waals surface area contributed by atoms with Crippen LogP contribution in [0.15, 0.2) is 35.2 Å². The first-order valence-electron chi connectivity index (χ1n) is 10.3. The Morgan fingerprint density at radius 1 is 1.11 bits per heavy atom. The van der Waals surface area contributed by atoms with E-state index in [1.54, 1.807) is 0 Å². The summed E-state index contributed by atoms with van der Waals surface area (Å²) in [5.74, 6) is 1.86. The highest BCUT2D eigenvalue weighted by Crippen LogP contribution is 2.60. The molecule has 1 aromatic carbocycles. The molecule has 0 unspecified atom stereocenters. The Hall–Kier alpha value is -1.69. The van der Waals surface area contributed by atoms with Gasteiger partial charge in [-0.3, -0.25) is 9.00 Å². The molecule has 4 aliphatic rings. The van der Waals surface area contributed by atoms with Crippen molar-refractivity contribution < 1.29 is 18.5 Å². The van der Waals surface area contributed by atoms with E-state index in [0.29, 0.717) is 29.9 Å². The fraction of sp³-hybridized carbons (Fsp3) is 0.636. The average molecular weight is 404 g/mol. The standard InChI is InChI=1S/C22H29NO4S/c1-27-20(24)19(7-8-28(26)18-5-3-2-4-6-18)23-21(25)22-12-15-9-16(13-22)11-17(10-15)14-22/h2-6,15-17,19H,7-14H2,1H3,(H,23,25)/t15?,16?,17?,19-,22?,28-/m1/s1. The predicted molar refractivity (Wildman–Crippen MR) is 107 cm³/mol. The quantitative estimate of drug-likeness (QED) is 0.710. The Morgan fingerprint density at radius 3 is 2.21 bits per heavy atom. The minimum absolute atomic E-state index is 0.00694. The highest BCUT2D eigenvalue weighted by molar-refractivity contribution is 7.85. The summed E-state index contributed by atoms with van der Waals surface area (Å²) in [4.78, 5) is 26.3. The van der Waals surface area contributed by atoms with Crippen LogP contribution in [0.4, 0.5) is 0 Å². The SMILES string of the molecule is COC(=O)[C@@H](CC[S@@](=O)c1ccccc1)NC(=O)C12CC3CC(CC(C3)C1)C2. The van der Waals surface area contributed by atoms with E-state index in [0.717, 1.165) is 24.2 Å². The van der Waals surface area contributed by atoms with Gasteiger partial charge in [0.1, 0.15) is 6.04 Å². The molecular weight excluding hydrogens is 374 g/mol. The fourth-order valence-electron chi connectivity index (χ4n) is 6.01. The lowest BCUT2D eigenvalue weighted by Crippen LogP contribution is -2.56. The van der Waals surface area contributed by atoms with E-state index >= 15 is 0 Å². The molecule has 5 rings (SSSR count). The summed E-state index contributed by atoms with van der Waals surface area (Å²) in [5.41, 5.74) is -0.306. The van der Waals surface area contributed by atoms with Crippen molar-refractivity contribution in [1.82, 2.24) is 5.32 Å². The van der Waals surface area contributed by atoms with E-state index in [1.807, 2.05) is 30.3 Å². The fourth-order valence-corrected chi connectivity index (χ4v) is 7.15. The van der Waals surface area contributed by atoms with E-state index in [9.17, 15) is 13.8 Å². The molecule has 0 saturated heterocycles. The monoisotopic (exact) mass is 403 g/mol. The molecule has 1 N–H and O–H groups in total. The zero-order valence-electron chi connectivity index (χ0n) is 16.4. The summed E-state index contributed by atoms with van der Waals surface area (Å²) in [6, 6.07) is 8.47. The van der Waals surface area contributed by atoms with E-state index in [4.69, 9.17) is 4.74 Å². The van der Waals surface area contributed by atoms with Crippen molar-refractivity contribution in [2.24, 2.45) is 23.2 Å². The van der Waals surface area contributed by atoms with Crippen molar-refractivity contribution in [3.8, 4) is 0 Å². The van der Waals surface area contributed by atoms with Gasteiger partial charge in [-0.25, -0.2) is 4.79 Å². The summed E-state index contributed by atoms with van der Waals surface area (Å²) >= 11 is 0. The third-order valence-corrected chi connectivity index (χ3v) is 8.31. The minimum atomic E-state index is -1.21. The van der Waals surface area contributed by atoms with Gasteiger partial charge in [-0.15, -0.1) is 0 Å². The minimum Gasteiger partial charge on any atom is -0.467 e. The van der Waals surface area contributed by atoms with Crippen LogP contribution in [0, 0.1) is 23.2 Å². The second kappa shape index (κ2) is 7.97. The van der Waals surface area contributed by atoms with Gasteiger partial charge in [0.2, 0.25) is 5.91 Å². The number of methoxy groups -OCH3 is 1. The molecule has 0 radical (unpaired) electrons. The molecule has 4 fully saturated rings. The maximum Gasteiger partial charge on any atom is 0.328 e. The maximum absolute atomic E-state index is 13.2. The number of esters is 1. The van der Waals surface area contributed by atoms with Crippen LogP contribution in [0.3, 0.4) is 0 Å². The molecule has 2 atom stereocenters. The normalized spacial score (nSPS) is 32.5. The predicted octanol–water partition coefficient (Wildman–Crippen LogP) is 3.06. The van der Waals surface area contributed by atoms with Crippen molar-refractivity contribution in [1.29, 1.82) is 0 Å². The van der Waals surface area contributed by atoms with Gasteiger partial charge in [-0.1, -0.05) is 18.2 Å². The van der Waals surface area contributed by atoms with Crippen LogP contribution in [0.5, 0.6) is 0 Å². The summed E-state index contributed by atoms with van der Waals surface area (Å²) in [5, 5.41) is 2.98. The third-order valence-electron chi connectivity index (χ3n) is 6.91. The Morgan fingerprint density at radius 2 is 1.68 bits per heavy atom. The summed E-state index contributed by atoms with van der Waals surface area (Å²) in [6.45, 7) is 0. The van der Waals surface area contributed by atoms with Gasteiger partial charge in [0, 0.05) is 16.1 Å². The number of hydrogen-bond acceptors (Lipinski definition) is 4. The molecular formula is C22H29NO4S. The van der Waals surface area contributed by atoms with Crippen LogP contribution >= 0.6 is 0 Å². The largest absolute Gasteiger partial charge is 0.467 e. The van der Waals surface area contributed by atoms with Crippen LogP contribution < -0.4 is 5.32 Å². The maximum atomic E-state index is 13.2. The molecule has 1 aromatic rings. The lowest BCUT2D eigenvalue weighted by atomic mass is 9.49. The van der Waals surface area contributed by atoms with Crippen LogP contribution in [0.2, 0.25) is 0 Å². The van der Waals surface area contributed by atoms with Crippen LogP contribution in [-0.4, -0.2) is 35.0 Å². The summed E-state index contributed by atoms with van der Waals surface area (Å²) in [6.07, 6.45) is 6.97. The first kappa shape index (κ1) is 19.6. The first-order valence-corrected chi connectivity index (χ1v) is 11.6. The third kappa shape index (κ3) is 3.88. The highest BCUT2D eigenvalue weighted by Gasteiger charge is 2.55. The molecule has 5 nitrogen and oxygen atoms in total. The number of nitrogens with one attached hydrogen (secondary N) is 1. The van der Waals surface area contributed by atoms with E-state index in [-0.39, 0.29) is 11.3 Å². The van der Waals surface area contributed by atoms with E-state index in [2.05, 4.69) is 5.32 Å². The number of carbonyl (C=O) groups is 2. The second-order valence-corrected chi connectivity index (χ2v) is 10.5. The Balaban J connectivity index is 1.41. The average Bonchev–Trinajstić information content (AvgIpc) is 2.69. The van der Waals surface area contributed by atoms with Crippen molar-refractivity contribution >= 4 is 22.7 Å². The molecule has 6 heteroatoms. The molecule has 0 aliphatic heterocycles. The summed E-state index contributed by atoms with van der Waals surface area (Å²) in [7, 11) is 0.127. The number of benzene rings is 1. The smallest absolute Gasteiger partial charge is 0.328 e. The lowest BCUT2D eigenvalue weighted by molar-refractivity contribution is -0.152. The van der Waals surface area contributed by atoms with Gasteiger partial charge in [0.05, 0.1) is 17.9 Å². The van der Waals surface area contributed by atoms with Crippen molar-refractivity contribution in [2.75, 3.05) is 12.9 Å². The molecule has 0 aromatic heterocycles. The van der Waals surface area contributed by atoms with E-state index < -0.39 is 22.8 Å². The number of carbonyl (C=O) groups excluding carboxylic acids is 2. The van der Waals surface area contributed by atoms with Crippen molar-refractivity contribution in [3.05, 3.63) is 30.3 Å². The number of hydrogen-bond donors (Lipinski definition) is 1. The zero-order chi connectivity index (χ0) is 19.7. The molecule has 4 saturated carbocycles.